The van der Waals surface area contributed by atoms with Crippen molar-refractivity contribution in [1.29, 1.82) is 0 Å². The molecule has 0 bridgehead atoms. The molecule has 1 aromatic heterocycles. The highest BCUT2D eigenvalue weighted by Crippen LogP contribution is 2.30. The van der Waals surface area contributed by atoms with Gasteiger partial charge in [-0.3, -0.25) is 4.79 Å². The van der Waals surface area contributed by atoms with Gasteiger partial charge in [-0.25, -0.2) is 8.42 Å². The molecule has 164 valence electrons. The Bertz CT molecular complexity index is 1190. The van der Waals surface area contributed by atoms with E-state index in [9.17, 15) is 13.2 Å². The van der Waals surface area contributed by atoms with Crippen LogP contribution in [0, 0.1) is 6.92 Å². The Balaban J connectivity index is 1.61. The highest BCUT2D eigenvalue weighted by molar-refractivity contribution is 7.89. The molecular formula is C22H25N3O5S. The molecular weight excluding hydrogens is 418 g/mol. The van der Waals surface area contributed by atoms with Crippen molar-refractivity contribution in [2.45, 2.75) is 44.2 Å². The van der Waals surface area contributed by atoms with Crippen LogP contribution in [0.3, 0.4) is 0 Å². The van der Waals surface area contributed by atoms with Crippen molar-refractivity contribution in [2.75, 3.05) is 18.0 Å². The van der Waals surface area contributed by atoms with Crippen molar-refractivity contribution in [2.24, 2.45) is 0 Å². The summed E-state index contributed by atoms with van der Waals surface area (Å²) in [6, 6.07) is 12.0. The third-order valence-corrected chi connectivity index (χ3v) is 7.75. The van der Waals surface area contributed by atoms with Gasteiger partial charge in [0.2, 0.25) is 10.0 Å². The highest BCUT2D eigenvalue weighted by atomic mass is 32.2. The quantitative estimate of drug-likeness (QED) is 0.646. The predicted octanol–water partition coefficient (Wildman–Crippen LogP) is 3.05. The Morgan fingerprint density at radius 1 is 1.16 bits per heavy atom. The molecule has 2 atom stereocenters. The number of nitrogens with zero attached hydrogens (tertiary/aromatic N) is 3. The van der Waals surface area contributed by atoms with Crippen molar-refractivity contribution < 1.29 is 22.7 Å². The number of aryl methyl sites for hydroxylation is 1. The van der Waals surface area contributed by atoms with Gasteiger partial charge in [0.1, 0.15) is 5.52 Å². The second kappa shape index (κ2) is 7.97. The first-order valence-electron chi connectivity index (χ1n) is 10.1. The van der Waals surface area contributed by atoms with E-state index < -0.39 is 16.0 Å². The fourth-order valence-electron chi connectivity index (χ4n) is 4.22. The second-order valence-electron chi connectivity index (χ2n) is 8.06. The molecule has 8 nitrogen and oxygen atoms in total. The minimum absolute atomic E-state index is 0.114. The zero-order valence-electron chi connectivity index (χ0n) is 17.6. The summed E-state index contributed by atoms with van der Waals surface area (Å²) in [5, 5.41) is 9.13. The molecule has 1 N–H and O–H groups in total. The van der Waals surface area contributed by atoms with Gasteiger partial charge in [0.15, 0.2) is 5.58 Å². The number of benzene rings is 2. The van der Waals surface area contributed by atoms with E-state index in [4.69, 9.17) is 9.52 Å². The van der Waals surface area contributed by atoms with Crippen LogP contribution in [0.2, 0.25) is 0 Å². The molecule has 1 aliphatic heterocycles. The van der Waals surface area contributed by atoms with E-state index in [1.165, 1.54) is 10.4 Å². The first kappa shape index (κ1) is 21.3. The van der Waals surface area contributed by atoms with Gasteiger partial charge in [-0.2, -0.15) is 9.29 Å². The molecule has 2 heterocycles. The first-order chi connectivity index (χ1) is 14.7. The van der Waals surface area contributed by atoms with E-state index in [0.29, 0.717) is 30.3 Å². The summed E-state index contributed by atoms with van der Waals surface area (Å²) in [6.07, 6.45) is -0.216. The van der Waals surface area contributed by atoms with Crippen LogP contribution >= 0.6 is 0 Å². The van der Waals surface area contributed by atoms with Crippen molar-refractivity contribution in [3.63, 3.8) is 0 Å². The molecule has 2 aromatic carbocycles. The predicted molar refractivity (Wildman–Crippen MR) is 117 cm³/mol. The van der Waals surface area contributed by atoms with Gasteiger partial charge in [0, 0.05) is 25.2 Å². The summed E-state index contributed by atoms with van der Waals surface area (Å²) in [5.74, 6) is -0.994. The maximum atomic E-state index is 13.5. The number of carboxylic acids is 1. The molecule has 9 heteroatoms. The van der Waals surface area contributed by atoms with Crippen LogP contribution in [0.15, 0.2) is 51.8 Å². The van der Waals surface area contributed by atoms with Crippen LogP contribution in [-0.4, -0.2) is 54.0 Å². The molecule has 1 fully saturated rings. The van der Waals surface area contributed by atoms with Gasteiger partial charge in [0.25, 0.3) is 6.01 Å². The lowest BCUT2D eigenvalue weighted by Crippen LogP contribution is -2.58. The Kier molecular flexibility index (Phi) is 5.49. The summed E-state index contributed by atoms with van der Waals surface area (Å²) < 4.78 is 34.3. The number of hydrogen-bond acceptors (Lipinski definition) is 6. The monoisotopic (exact) mass is 443 g/mol. The van der Waals surface area contributed by atoms with Crippen LogP contribution in [0.1, 0.15) is 25.0 Å². The molecule has 1 aliphatic rings. The van der Waals surface area contributed by atoms with Crippen molar-refractivity contribution in [3.05, 3.63) is 53.6 Å². The molecule has 4 rings (SSSR count). The normalized spacial score (nSPS) is 20.3. The van der Waals surface area contributed by atoms with Crippen LogP contribution < -0.4 is 4.90 Å². The maximum Gasteiger partial charge on any atom is 0.307 e. The number of anilines is 1. The molecule has 0 spiro atoms. The minimum atomic E-state index is -3.80. The van der Waals surface area contributed by atoms with Crippen LogP contribution in [0.4, 0.5) is 6.01 Å². The summed E-state index contributed by atoms with van der Waals surface area (Å²) >= 11 is 0. The van der Waals surface area contributed by atoms with E-state index in [1.54, 1.807) is 19.1 Å². The smallest absolute Gasteiger partial charge is 0.307 e. The molecule has 0 saturated carbocycles. The Hall–Kier alpha value is -2.91. The van der Waals surface area contributed by atoms with E-state index in [-0.39, 0.29) is 23.4 Å². The molecule has 1 saturated heterocycles. The molecule has 3 aromatic rings. The lowest BCUT2D eigenvalue weighted by Gasteiger charge is -2.42. The Labute approximate surface area is 181 Å². The highest BCUT2D eigenvalue weighted by Gasteiger charge is 2.39. The van der Waals surface area contributed by atoms with Gasteiger partial charge in [0.05, 0.1) is 11.3 Å². The summed E-state index contributed by atoms with van der Waals surface area (Å²) in [6.45, 7) is 6.36. The number of piperazine rings is 1. The topological polar surface area (TPSA) is 104 Å². The minimum Gasteiger partial charge on any atom is -0.481 e. The largest absolute Gasteiger partial charge is 0.481 e. The standard InChI is InChI=1S/C22H25N3O5S/c1-14-8-9-18(10-17(14)11-21(26)27)31(28,29)25-15(2)12-24(13-16(25)3)22-23-19-6-4-5-7-20(19)30-22/h4-10,15-16H,11-13H2,1-3H3,(H,26,27)/t15-,16+. The maximum absolute atomic E-state index is 13.5. The van der Waals surface area contributed by atoms with Gasteiger partial charge in [-0.05, 0) is 56.2 Å². The lowest BCUT2D eigenvalue weighted by atomic mass is 10.1. The Morgan fingerprint density at radius 2 is 1.84 bits per heavy atom. The zero-order valence-corrected chi connectivity index (χ0v) is 18.5. The second-order valence-corrected chi connectivity index (χ2v) is 9.90. The average Bonchev–Trinajstić information content (AvgIpc) is 3.13. The van der Waals surface area contributed by atoms with E-state index >= 15 is 0 Å². The number of fused-ring (bicyclic) bond motifs is 1. The Morgan fingerprint density at radius 3 is 2.48 bits per heavy atom. The van der Waals surface area contributed by atoms with Crippen LogP contribution in [0.5, 0.6) is 0 Å². The molecule has 31 heavy (non-hydrogen) atoms. The SMILES string of the molecule is Cc1ccc(S(=O)(=O)N2[C@H](C)CN(c3nc4ccccc4o3)C[C@@H]2C)cc1CC(=O)O. The zero-order chi connectivity index (χ0) is 22.3. The van der Waals surface area contributed by atoms with Gasteiger partial charge in [-0.15, -0.1) is 0 Å². The number of aromatic nitrogens is 1. The van der Waals surface area contributed by atoms with Gasteiger partial charge in [-0.1, -0.05) is 18.2 Å². The third kappa shape index (κ3) is 4.03. The number of sulfonamides is 1. The molecule has 0 unspecified atom stereocenters. The third-order valence-electron chi connectivity index (χ3n) is 5.63. The number of rotatable bonds is 5. The summed E-state index contributed by atoms with van der Waals surface area (Å²) in [4.78, 5) is 17.8. The van der Waals surface area contributed by atoms with E-state index in [0.717, 1.165) is 11.1 Å². The molecule has 0 radical (unpaired) electrons. The summed E-state index contributed by atoms with van der Waals surface area (Å²) in [5.41, 5.74) is 2.71. The lowest BCUT2D eigenvalue weighted by molar-refractivity contribution is -0.136. The fourth-order valence-corrected chi connectivity index (χ4v) is 6.07. The number of oxazole rings is 1. The first-order valence-corrected chi connectivity index (χ1v) is 11.6. The van der Waals surface area contributed by atoms with Crippen molar-refractivity contribution in [1.82, 2.24) is 9.29 Å². The number of aliphatic carboxylic acids is 1. The van der Waals surface area contributed by atoms with E-state index in [1.807, 2.05) is 43.0 Å². The van der Waals surface area contributed by atoms with Gasteiger partial charge < -0.3 is 14.4 Å². The number of carbonyl (C=O) groups is 1. The number of hydrogen-bond donors (Lipinski definition) is 1. The number of carboxylic acid groups (broad SMARTS) is 1. The van der Waals surface area contributed by atoms with E-state index in [2.05, 4.69) is 4.98 Å². The molecule has 0 amide bonds. The number of para-hydroxylation sites is 2. The molecule has 0 aliphatic carbocycles. The van der Waals surface area contributed by atoms with Crippen LogP contribution in [-0.2, 0) is 21.2 Å². The average molecular weight is 444 g/mol. The van der Waals surface area contributed by atoms with Crippen molar-refractivity contribution >= 4 is 33.1 Å². The summed E-state index contributed by atoms with van der Waals surface area (Å²) in [7, 11) is -3.80. The van der Waals surface area contributed by atoms with Crippen LogP contribution in [0.25, 0.3) is 11.1 Å². The van der Waals surface area contributed by atoms with Gasteiger partial charge >= 0.3 is 5.97 Å². The fraction of sp³-hybridized carbons (Fsp3) is 0.364. The van der Waals surface area contributed by atoms with Crippen molar-refractivity contribution in [3.8, 4) is 0 Å².